The molecule has 84 valence electrons. The van der Waals surface area contributed by atoms with Crippen LogP contribution in [-0.2, 0) is 0 Å². The second-order valence-electron chi connectivity index (χ2n) is 2.89. The highest BCUT2D eigenvalue weighted by Gasteiger charge is 2.03. The highest BCUT2D eigenvalue weighted by molar-refractivity contribution is 7.73. The number of benzene rings is 1. The molecule has 2 rings (SSSR count). The van der Waals surface area contributed by atoms with E-state index in [4.69, 9.17) is 28.6 Å². The van der Waals surface area contributed by atoms with Crippen LogP contribution in [0, 0.1) is 3.95 Å². The summed E-state index contributed by atoms with van der Waals surface area (Å²) in [5.74, 6) is 0.641. The quantitative estimate of drug-likeness (QED) is 0.839. The third kappa shape index (κ3) is 2.52. The summed E-state index contributed by atoms with van der Waals surface area (Å²) in [6.45, 7) is 0. The van der Waals surface area contributed by atoms with Gasteiger partial charge in [0.05, 0.1) is 12.1 Å². The molecule has 4 nitrogen and oxygen atoms in total. The van der Waals surface area contributed by atoms with Crippen molar-refractivity contribution in [2.45, 2.75) is 0 Å². The molecule has 0 spiro atoms. The van der Waals surface area contributed by atoms with E-state index in [-0.39, 0.29) is 0 Å². The van der Waals surface area contributed by atoms with Crippen LogP contribution >= 0.6 is 35.2 Å². The first kappa shape index (κ1) is 11.4. The van der Waals surface area contributed by atoms with Gasteiger partial charge in [0.15, 0.2) is 3.95 Å². The number of nitrogens with zero attached hydrogens (tertiary/aromatic N) is 1. The van der Waals surface area contributed by atoms with E-state index in [1.54, 1.807) is 19.2 Å². The van der Waals surface area contributed by atoms with Crippen molar-refractivity contribution in [2.75, 3.05) is 12.4 Å². The van der Waals surface area contributed by atoms with Gasteiger partial charge in [-0.05, 0) is 30.4 Å². The van der Waals surface area contributed by atoms with Gasteiger partial charge in [-0.25, -0.2) is 0 Å². The van der Waals surface area contributed by atoms with Crippen molar-refractivity contribution in [1.29, 1.82) is 0 Å². The Hall–Kier alpha value is -1.11. The van der Waals surface area contributed by atoms with E-state index in [1.165, 1.54) is 11.3 Å². The van der Waals surface area contributed by atoms with Crippen LogP contribution < -0.4 is 10.1 Å². The van der Waals surface area contributed by atoms with Crippen LogP contribution in [0.4, 0.5) is 10.8 Å². The van der Waals surface area contributed by atoms with Crippen LogP contribution in [0.5, 0.6) is 5.75 Å². The maximum atomic E-state index is 5.99. The average Bonchev–Trinajstić information content (AvgIpc) is 2.64. The Labute approximate surface area is 106 Å². The fraction of sp³-hybridized carbons (Fsp3) is 0.111. The van der Waals surface area contributed by atoms with Crippen molar-refractivity contribution in [3.63, 3.8) is 0 Å². The number of hydrogen-bond donors (Lipinski definition) is 2. The molecule has 0 radical (unpaired) electrons. The molecule has 1 aromatic heterocycles. The molecule has 0 saturated heterocycles. The van der Waals surface area contributed by atoms with Crippen LogP contribution in [0.3, 0.4) is 0 Å². The third-order valence-corrected chi connectivity index (χ3v) is 3.14. The van der Waals surface area contributed by atoms with Crippen LogP contribution in [0.15, 0.2) is 18.2 Å². The van der Waals surface area contributed by atoms with Crippen molar-refractivity contribution in [2.24, 2.45) is 0 Å². The van der Waals surface area contributed by atoms with Crippen molar-refractivity contribution in [3.05, 3.63) is 27.2 Å². The average molecular weight is 274 g/mol. The Balaban J connectivity index is 2.22. The minimum atomic E-state index is 0.548. The molecule has 7 heteroatoms. The Morgan fingerprint density at radius 2 is 2.38 bits per heavy atom. The number of rotatable bonds is 3. The zero-order chi connectivity index (χ0) is 11.5. The molecule has 0 atom stereocenters. The molecular formula is C9H8ClN3OS2. The van der Waals surface area contributed by atoms with Crippen LogP contribution in [0.2, 0.25) is 5.02 Å². The smallest absolute Gasteiger partial charge is 0.208 e. The lowest BCUT2D eigenvalue weighted by Gasteiger charge is -2.06. The summed E-state index contributed by atoms with van der Waals surface area (Å²) in [5.41, 5.74) is 0.837. The van der Waals surface area contributed by atoms with E-state index in [0.717, 1.165) is 5.69 Å². The summed E-state index contributed by atoms with van der Waals surface area (Å²) in [6, 6.07) is 5.41. The fourth-order valence-electron chi connectivity index (χ4n) is 1.15. The summed E-state index contributed by atoms with van der Waals surface area (Å²) < 4.78 is 5.69. The zero-order valence-corrected chi connectivity index (χ0v) is 10.7. The Morgan fingerprint density at radius 1 is 1.56 bits per heavy atom. The number of aromatic amines is 1. The summed E-state index contributed by atoms with van der Waals surface area (Å²) in [6.07, 6.45) is 0. The molecule has 2 N–H and O–H groups in total. The zero-order valence-electron chi connectivity index (χ0n) is 8.28. The van der Waals surface area contributed by atoms with Gasteiger partial charge in [0.2, 0.25) is 5.13 Å². The highest BCUT2D eigenvalue weighted by Crippen LogP contribution is 2.29. The molecule has 0 unspecified atom stereocenters. The summed E-state index contributed by atoms with van der Waals surface area (Å²) in [7, 11) is 1.58. The lowest BCUT2D eigenvalue weighted by molar-refractivity contribution is 0.415. The van der Waals surface area contributed by atoms with E-state index in [0.29, 0.717) is 19.9 Å². The minimum absolute atomic E-state index is 0.548. The largest absolute Gasteiger partial charge is 0.495 e. The maximum absolute atomic E-state index is 5.99. The number of H-pyrrole nitrogens is 1. The Bertz CT molecular complexity index is 552. The van der Waals surface area contributed by atoms with E-state index in [9.17, 15) is 0 Å². The van der Waals surface area contributed by atoms with Gasteiger partial charge in [0.25, 0.3) is 0 Å². The summed E-state index contributed by atoms with van der Waals surface area (Å²) in [5, 5.41) is 11.0. The summed E-state index contributed by atoms with van der Waals surface area (Å²) >= 11 is 12.3. The summed E-state index contributed by atoms with van der Waals surface area (Å²) in [4.78, 5) is 0. The molecule has 0 aliphatic rings. The number of nitrogens with one attached hydrogen (secondary N) is 2. The minimum Gasteiger partial charge on any atom is -0.495 e. The van der Waals surface area contributed by atoms with Crippen molar-refractivity contribution < 1.29 is 4.74 Å². The van der Waals surface area contributed by atoms with E-state index >= 15 is 0 Å². The monoisotopic (exact) mass is 273 g/mol. The van der Waals surface area contributed by atoms with Gasteiger partial charge in [-0.2, -0.15) is 0 Å². The van der Waals surface area contributed by atoms with Gasteiger partial charge in [-0.3, -0.25) is 5.10 Å². The molecular weight excluding hydrogens is 266 g/mol. The SMILES string of the molecule is COc1ccc(Nc2n[nH]c(=S)s2)cc1Cl. The molecule has 1 heterocycles. The second kappa shape index (κ2) is 4.82. The number of methoxy groups -OCH3 is 1. The normalized spacial score (nSPS) is 10.1. The first-order chi connectivity index (χ1) is 7.69. The molecule has 16 heavy (non-hydrogen) atoms. The number of anilines is 2. The number of ether oxygens (including phenoxy) is 1. The lowest BCUT2D eigenvalue weighted by Crippen LogP contribution is -1.90. The van der Waals surface area contributed by atoms with Gasteiger partial charge >= 0.3 is 0 Å². The first-order valence-corrected chi connectivity index (χ1v) is 5.95. The molecule has 0 bridgehead atoms. The van der Waals surface area contributed by atoms with Crippen LogP contribution in [-0.4, -0.2) is 17.3 Å². The third-order valence-electron chi connectivity index (χ3n) is 1.84. The van der Waals surface area contributed by atoms with Gasteiger partial charge in [-0.1, -0.05) is 22.9 Å². The highest BCUT2D eigenvalue weighted by atomic mass is 35.5. The van der Waals surface area contributed by atoms with E-state index in [2.05, 4.69) is 15.5 Å². The molecule has 0 aliphatic heterocycles. The lowest BCUT2D eigenvalue weighted by atomic mass is 10.3. The molecule has 0 fully saturated rings. The van der Waals surface area contributed by atoms with Gasteiger partial charge in [0.1, 0.15) is 5.75 Å². The molecule has 2 aromatic rings. The van der Waals surface area contributed by atoms with Crippen molar-refractivity contribution in [3.8, 4) is 5.75 Å². The second-order valence-corrected chi connectivity index (χ2v) is 4.97. The molecule has 1 aromatic carbocycles. The van der Waals surface area contributed by atoms with Crippen molar-refractivity contribution in [1.82, 2.24) is 10.2 Å². The predicted molar refractivity (Wildman–Crippen MR) is 68.6 cm³/mol. The van der Waals surface area contributed by atoms with E-state index in [1.807, 2.05) is 6.07 Å². The van der Waals surface area contributed by atoms with Gasteiger partial charge in [0, 0.05) is 5.69 Å². The molecule has 0 saturated carbocycles. The topological polar surface area (TPSA) is 49.9 Å². The number of halogens is 1. The van der Waals surface area contributed by atoms with Crippen LogP contribution in [0.1, 0.15) is 0 Å². The fourth-order valence-corrected chi connectivity index (χ4v) is 2.22. The van der Waals surface area contributed by atoms with Gasteiger partial charge < -0.3 is 10.1 Å². The number of hydrogen-bond acceptors (Lipinski definition) is 5. The standard InChI is InChI=1S/C9H8ClN3OS2/c1-14-7-3-2-5(4-6(7)10)11-8-12-13-9(15)16-8/h2-4H,1H3,(H,11,12)(H,13,15). The van der Waals surface area contributed by atoms with E-state index < -0.39 is 0 Å². The van der Waals surface area contributed by atoms with Crippen LogP contribution in [0.25, 0.3) is 0 Å². The molecule has 0 amide bonds. The Morgan fingerprint density at radius 3 is 2.94 bits per heavy atom. The first-order valence-electron chi connectivity index (χ1n) is 4.35. The molecule has 0 aliphatic carbocycles. The predicted octanol–water partition coefficient (Wildman–Crippen LogP) is 3.61. The Kier molecular flexibility index (Phi) is 3.42. The maximum Gasteiger partial charge on any atom is 0.208 e. The van der Waals surface area contributed by atoms with Crippen molar-refractivity contribution >= 4 is 46.0 Å². The van der Waals surface area contributed by atoms with Gasteiger partial charge in [-0.15, -0.1) is 5.10 Å². The number of aromatic nitrogens is 2.